The SMILES string of the molecule is COc1cc(NCc2cccn2C)ccc1NC(C)=O. The molecule has 0 radical (unpaired) electrons. The van der Waals surface area contributed by atoms with Gasteiger partial charge in [0.05, 0.1) is 19.3 Å². The highest BCUT2D eigenvalue weighted by Crippen LogP contribution is 2.28. The summed E-state index contributed by atoms with van der Waals surface area (Å²) in [5, 5.41) is 6.06. The summed E-state index contributed by atoms with van der Waals surface area (Å²) in [7, 11) is 3.60. The van der Waals surface area contributed by atoms with Crippen LogP contribution in [0.15, 0.2) is 36.5 Å². The van der Waals surface area contributed by atoms with Crippen molar-refractivity contribution < 1.29 is 9.53 Å². The van der Waals surface area contributed by atoms with Gasteiger partial charge in [0.1, 0.15) is 5.75 Å². The number of amides is 1. The minimum Gasteiger partial charge on any atom is -0.494 e. The Kier molecular flexibility index (Phi) is 4.30. The van der Waals surface area contributed by atoms with E-state index in [4.69, 9.17) is 4.74 Å². The van der Waals surface area contributed by atoms with Crippen LogP contribution < -0.4 is 15.4 Å². The normalized spacial score (nSPS) is 10.2. The van der Waals surface area contributed by atoms with Crippen molar-refractivity contribution in [2.45, 2.75) is 13.5 Å². The number of ether oxygens (including phenoxy) is 1. The van der Waals surface area contributed by atoms with Crippen molar-refractivity contribution in [3.63, 3.8) is 0 Å². The first-order valence-electron chi connectivity index (χ1n) is 6.40. The van der Waals surface area contributed by atoms with Gasteiger partial charge in [0.15, 0.2) is 0 Å². The fourth-order valence-electron chi connectivity index (χ4n) is 1.97. The molecule has 0 atom stereocenters. The van der Waals surface area contributed by atoms with Crippen molar-refractivity contribution >= 4 is 17.3 Å². The van der Waals surface area contributed by atoms with Gasteiger partial charge >= 0.3 is 0 Å². The van der Waals surface area contributed by atoms with Gasteiger partial charge in [-0.3, -0.25) is 4.79 Å². The molecule has 1 heterocycles. The Balaban J connectivity index is 2.09. The smallest absolute Gasteiger partial charge is 0.221 e. The molecule has 0 bridgehead atoms. The van der Waals surface area contributed by atoms with Gasteiger partial charge in [0.2, 0.25) is 5.91 Å². The number of aryl methyl sites for hydroxylation is 1. The third-order valence-corrected chi connectivity index (χ3v) is 3.04. The van der Waals surface area contributed by atoms with Gasteiger partial charge < -0.3 is 19.9 Å². The molecule has 0 spiro atoms. The Morgan fingerprint density at radius 3 is 2.75 bits per heavy atom. The highest BCUT2D eigenvalue weighted by molar-refractivity contribution is 5.90. The lowest BCUT2D eigenvalue weighted by atomic mass is 10.2. The zero-order valence-corrected chi connectivity index (χ0v) is 11.9. The molecule has 1 aromatic carbocycles. The molecule has 0 saturated heterocycles. The Hall–Kier alpha value is -2.43. The molecule has 2 N–H and O–H groups in total. The molecule has 0 saturated carbocycles. The van der Waals surface area contributed by atoms with E-state index < -0.39 is 0 Å². The topological polar surface area (TPSA) is 55.3 Å². The molecule has 5 heteroatoms. The quantitative estimate of drug-likeness (QED) is 0.880. The van der Waals surface area contributed by atoms with Crippen LogP contribution in [0.4, 0.5) is 11.4 Å². The molecule has 0 aliphatic heterocycles. The summed E-state index contributed by atoms with van der Waals surface area (Å²) in [6.45, 7) is 2.20. The molecule has 1 amide bonds. The van der Waals surface area contributed by atoms with Gasteiger partial charge in [-0.1, -0.05) is 0 Å². The Labute approximate surface area is 118 Å². The Morgan fingerprint density at radius 2 is 2.15 bits per heavy atom. The van der Waals surface area contributed by atoms with E-state index in [1.54, 1.807) is 7.11 Å². The maximum absolute atomic E-state index is 11.1. The predicted octanol–water partition coefficient (Wildman–Crippen LogP) is 2.60. The third kappa shape index (κ3) is 3.32. The highest BCUT2D eigenvalue weighted by Gasteiger charge is 2.06. The molecule has 0 unspecified atom stereocenters. The fourth-order valence-corrected chi connectivity index (χ4v) is 1.97. The van der Waals surface area contributed by atoms with E-state index in [9.17, 15) is 4.79 Å². The van der Waals surface area contributed by atoms with Crippen molar-refractivity contribution in [1.29, 1.82) is 0 Å². The number of anilines is 2. The standard InChI is InChI=1S/C15H19N3O2/c1-11(19)17-14-7-6-12(9-15(14)20-3)16-10-13-5-4-8-18(13)2/h4-9,16H,10H2,1-3H3,(H,17,19). The number of aromatic nitrogens is 1. The zero-order valence-electron chi connectivity index (χ0n) is 11.9. The average Bonchev–Trinajstić information content (AvgIpc) is 2.82. The molecule has 0 aliphatic carbocycles. The molecule has 0 fully saturated rings. The Morgan fingerprint density at radius 1 is 1.35 bits per heavy atom. The van der Waals surface area contributed by atoms with Gasteiger partial charge in [-0.25, -0.2) is 0 Å². The summed E-state index contributed by atoms with van der Waals surface area (Å²) in [6.07, 6.45) is 2.01. The summed E-state index contributed by atoms with van der Waals surface area (Å²) in [4.78, 5) is 11.1. The summed E-state index contributed by atoms with van der Waals surface area (Å²) >= 11 is 0. The number of hydrogen-bond acceptors (Lipinski definition) is 3. The van der Waals surface area contributed by atoms with E-state index in [0.29, 0.717) is 11.4 Å². The van der Waals surface area contributed by atoms with Gasteiger partial charge in [-0.2, -0.15) is 0 Å². The lowest BCUT2D eigenvalue weighted by molar-refractivity contribution is -0.114. The lowest BCUT2D eigenvalue weighted by Gasteiger charge is -2.12. The number of nitrogens with zero attached hydrogens (tertiary/aromatic N) is 1. The predicted molar refractivity (Wildman–Crippen MR) is 80.0 cm³/mol. The van der Waals surface area contributed by atoms with E-state index in [-0.39, 0.29) is 5.91 Å². The van der Waals surface area contributed by atoms with Gasteiger partial charge in [-0.15, -0.1) is 0 Å². The van der Waals surface area contributed by atoms with Crippen molar-refractivity contribution in [2.24, 2.45) is 7.05 Å². The second kappa shape index (κ2) is 6.14. The first-order valence-corrected chi connectivity index (χ1v) is 6.40. The zero-order chi connectivity index (χ0) is 14.5. The van der Waals surface area contributed by atoms with Gasteiger partial charge in [0, 0.05) is 37.6 Å². The van der Waals surface area contributed by atoms with E-state index in [1.807, 2.05) is 37.5 Å². The summed E-state index contributed by atoms with van der Waals surface area (Å²) < 4.78 is 7.35. The minimum atomic E-state index is -0.118. The molecular weight excluding hydrogens is 254 g/mol. The molecular formula is C15H19N3O2. The van der Waals surface area contributed by atoms with Crippen LogP contribution in [-0.2, 0) is 18.4 Å². The average molecular weight is 273 g/mol. The fraction of sp³-hybridized carbons (Fsp3) is 0.267. The Bertz CT molecular complexity index is 605. The number of rotatable bonds is 5. The van der Waals surface area contributed by atoms with Crippen molar-refractivity contribution in [3.05, 3.63) is 42.2 Å². The van der Waals surface area contributed by atoms with Crippen LogP contribution in [0, 0.1) is 0 Å². The van der Waals surface area contributed by atoms with E-state index >= 15 is 0 Å². The van der Waals surface area contributed by atoms with Crippen LogP contribution in [0.1, 0.15) is 12.6 Å². The number of carbonyl (C=O) groups excluding carboxylic acids is 1. The van der Waals surface area contributed by atoms with E-state index in [2.05, 4.69) is 21.3 Å². The van der Waals surface area contributed by atoms with Crippen molar-refractivity contribution in [1.82, 2.24) is 4.57 Å². The maximum Gasteiger partial charge on any atom is 0.221 e. The lowest BCUT2D eigenvalue weighted by Crippen LogP contribution is -2.08. The molecule has 1 aromatic heterocycles. The summed E-state index contributed by atoms with van der Waals surface area (Å²) in [5.74, 6) is 0.518. The van der Waals surface area contributed by atoms with E-state index in [0.717, 1.165) is 12.2 Å². The van der Waals surface area contributed by atoms with Gasteiger partial charge in [-0.05, 0) is 24.3 Å². The largest absolute Gasteiger partial charge is 0.494 e. The monoisotopic (exact) mass is 273 g/mol. The number of benzene rings is 1. The van der Waals surface area contributed by atoms with Crippen molar-refractivity contribution in [3.8, 4) is 5.75 Å². The van der Waals surface area contributed by atoms with E-state index in [1.165, 1.54) is 12.6 Å². The van der Waals surface area contributed by atoms with Crippen LogP contribution in [0.3, 0.4) is 0 Å². The summed E-state index contributed by atoms with van der Waals surface area (Å²) in [6, 6.07) is 9.69. The highest BCUT2D eigenvalue weighted by atomic mass is 16.5. The van der Waals surface area contributed by atoms with Crippen molar-refractivity contribution in [2.75, 3.05) is 17.7 Å². The maximum atomic E-state index is 11.1. The second-order valence-electron chi connectivity index (χ2n) is 4.56. The van der Waals surface area contributed by atoms with Crippen LogP contribution in [0.2, 0.25) is 0 Å². The molecule has 0 aliphatic rings. The first-order chi connectivity index (χ1) is 9.60. The van der Waals surface area contributed by atoms with Crippen LogP contribution in [-0.4, -0.2) is 17.6 Å². The minimum absolute atomic E-state index is 0.118. The molecule has 5 nitrogen and oxygen atoms in total. The number of hydrogen-bond donors (Lipinski definition) is 2. The van der Waals surface area contributed by atoms with Crippen LogP contribution in [0.5, 0.6) is 5.75 Å². The summed E-state index contributed by atoms with van der Waals surface area (Å²) in [5.41, 5.74) is 2.80. The number of methoxy groups -OCH3 is 1. The third-order valence-electron chi connectivity index (χ3n) is 3.04. The number of carbonyl (C=O) groups is 1. The second-order valence-corrected chi connectivity index (χ2v) is 4.56. The molecule has 20 heavy (non-hydrogen) atoms. The molecule has 106 valence electrons. The molecule has 2 rings (SSSR count). The van der Waals surface area contributed by atoms with Crippen LogP contribution in [0.25, 0.3) is 0 Å². The first kappa shape index (κ1) is 14.0. The molecule has 2 aromatic rings. The van der Waals surface area contributed by atoms with Gasteiger partial charge in [0.25, 0.3) is 0 Å². The number of nitrogens with one attached hydrogen (secondary N) is 2. The van der Waals surface area contributed by atoms with Crippen LogP contribution >= 0.6 is 0 Å².